The summed E-state index contributed by atoms with van der Waals surface area (Å²) in [4.78, 5) is 54.4. The van der Waals surface area contributed by atoms with Gasteiger partial charge in [-0.2, -0.15) is 13.2 Å². The molecule has 3 amide bonds. The first kappa shape index (κ1) is 30.6. The number of carbonyl (C=O) groups is 4. The van der Waals surface area contributed by atoms with E-state index in [0.29, 0.717) is 24.9 Å². The van der Waals surface area contributed by atoms with Crippen molar-refractivity contribution in [3.05, 3.63) is 65.5 Å². The highest BCUT2D eigenvalue weighted by Crippen LogP contribution is 2.23. The fourth-order valence-electron chi connectivity index (χ4n) is 4.89. The lowest BCUT2D eigenvalue weighted by Gasteiger charge is -2.29. The Morgan fingerprint density at radius 1 is 1.05 bits per heavy atom. The van der Waals surface area contributed by atoms with Gasteiger partial charge in [-0.25, -0.2) is 4.79 Å². The molecule has 2 aromatic rings. The van der Waals surface area contributed by atoms with Gasteiger partial charge in [0.1, 0.15) is 12.1 Å². The first-order valence-electron chi connectivity index (χ1n) is 13.1. The molecular weight excluding hydrogens is 529 g/mol. The number of pyridine rings is 1. The Morgan fingerprint density at radius 3 is 2.33 bits per heavy atom. The van der Waals surface area contributed by atoms with Gasteiger partial charge in [0.2, 0.25) is 11.8 Å². The summed E-state index contributed by atoms with van der Waals surface area (Å²) in [5.41, 5.74) is 2.24. The minimum absolute atomic E-state index is 0.0712. The third kappa shape index (κ3) is 8.52. The summed E-state index contributed by atoms with van der Waals surface area (Å²) < 4.78 is 31.7. The van der Waals surface area contributed by atoms with Crippen LogP contribution >= 0.6 is 0 Å². The van der Waals surface area contributed by atoms with E-state index < -0.39 is 24.2 Å². The number of carbonyl (C=O) groups excluding carboxylic acids is 3. The molecule has 9 nitrogen and oxygen atoms in total. The number of aromatic nitrogens is 1. The Balaban J connectivity index is 0.000000559. The van der Waals surface area contributed by atoms with Gasteiger partial charge < -0.3 is 20.6 Å². The molecule has 3 N–H and O–H groups in total. The summed E-state index contributed by atoms with van der Waals surface area (Å²) in [7, 11) is 0. The molecule has 2 atom stereocenters. The highest BCUT2D eigenvalue weighted by molar-refractivity contribution is 5.99. The van der Waals surface area contributed by atoms with Crippen LogP contribution in [0.1, 0.15) is 60.0 Å². The van der Waals surface area contributed by atoms with Gasteiger partial charge in [-0.1, -0.05) is 37.1 Å². The van der Waals surface area contributed by atoms with Crippen LogP contribution in [0.15, 0.2) is 48.8 Å². The largest absolute Gasteiger partial charge is 0.490 e. The molecule has 1 aliphatic heterocycles. The van der Waals surface area contributed by atoms with Crippen LogP contribution in [0.3, 0.4) is 0 Å². The first-order valence-corrected chi connectivity index (χ1v) is 13.1. The fourth-order valence-corrected chi connectivity index (χ4v) is 4.89. The number of halogens is 3. The molecule has 2 fully saturated rings. The molecule has 0 radical (unpaired) electrons. The third-order valence-electron chi connectivity index (χ3n) is 6.94. The fraction of sp³-hybridized carbons (Fsp3) is 0.464. The van der Waals surface area contributed by atoms with E-state index in [4.69, 9.17) is 9.90 Å². The van der Waals surface area contributed by atoms with Crippen LogP contribution < -0.4 is 10.6 Å². The first-order chi connectivity index (χ1) is 19.0. The molecule has 2 aliphatic rings. The summed E-state index contributed by atoms with van der Waals surface area (Å²) in [6.07, 6.45) is 4.32. The zero-order valence-corrected chi connectivity index (χ0v) is 22.1. The Hall–Kier alpha value is -3.96. The molecule has 1 saturated carbocycles. The number of aliphatic carboxylic acids is 1. The van der Waals surface area contributed by atoms with Crippen LogP contribution in [0.25, 0.3) is 0 Å². The van der Waals surface area contributed by atoms with Crippen LogP contribution in [-0.4, -0.2) is 69.5 Å². The number of aryl methyl sites for hydroxylation is 1. The van der Waals surface area contributed by atoms with E-state index in [0.717, 1.165) is 43.2 Å². The van der Waals surface area contributed by atoms with Crippen molar-refractivity contribution in [3.8, 4) is 0 Å². The molecule has 1 aliphatic carbocycles. The minimum Gasteiger partial charge on any atom is -0.475 e. The van der Waals surface area contributed by atoms with Crippen molar-refractivity contribution in [1.29, 1.82) is 0 Å². The Bertz CT molecular complexity index is 1190. The second-order valence-electron chi connectivity index (χ2n) is 9.89. The molecule has 12 heteroatoms. The average Bonchev–Trinajstić information content (AvgIpc) is 3.61. The predicted molar refractivity (Wildman–Crippen MR) is 139 cm³/mol. The smallest absolute Gasteiger partial charge is 0.475 e. The summed E-state index contributed by atoms with van der Waals surface area (Å²) in [5, 5.41) is 13.2. The van der Waals surface area contributed by atoms with Crippen molar-refractivity contribution in [2.45, 2.75) is 76.2 Å². The van der Waals surface area contributed by atoms with Gasteiger partial charge in [0.15, 0.2) is 0 Å². The standard InChI is InChI=1S/C26H32N4O3.C2HF3O2/c1-18-8-2-5-12-21(18)24(31)29-22(16-19-9-6-14-27-17-19)26(33)30-15-7-13-23(30)25(32)28-20-10-3-4-11-20;3-2(4,5)1(6)7/h2,5-6,8-9,12,14,17,20,22-23H,3-4,7,10-11,13,15-16H2,1H3,(H,28,32)(H,29,31);(H,6,7)/t22-,23-;/m0./s1. The zero-order valence-electron chi connectivity index (χ0n) is 22.1. The quantitative estimate of drug-likeness (QED) is 0.475. The number of hydrogen-bond acceptors (Lipinski definition) is 5. The average molecular weight is 563 g/mol. The summed E-state index contributed by atoms with van der Waals surface area (Å²) >= 11 is 0. The van der Waals surface area contributed by atoms with Crippen LogP contribution in [0, 0.1) is 6.92 Å². The van der Waals surface area contributed by atoms with Gasteiger partial charge >= 0.3 is 12.1 Å². The molecule has 216 valence electrons. The minimum atomic E-state index is -5.08. The summed E-state index contributed by atoms with van der Waals surface area (Å²) in [6.45, 7) is 2.39. The number of benzene rings is 1. The molecule has 0 bridgehead atoms. The normalized spacial score (nSPS) is 17.9. The Kier molecular flexibility index (Phi) is 10.6. The molecular formula is C28H33F3N4O5. The van der Waals surface area contributed by atoms with Gasteiger partial charge in [-0.15, -0.1) is 0 Å². The number of amides is 3. The van der Waals surface area contributed by atoms with Crippen LogP contribution in [0.4, 0.5) is 13.2 Å². The summed E-state index contributed by atoms with van der Waals surface area (Å²) in [5.74, 6) is -3.34. The molecule has 1 aromatic heterocycles. The van der Waals surface area contributed by atoms with E-state index in [9.17, 15) is 27.6 Å². The number of nitrogens with one attached hydrogen (secondary N) is 2. The van der Waals surface area contributed by atoms with E-state index in [2.05, 4.69) is 15.6 Å². The monoisotopic (exact) mass is 562 g/mol. The number of hydrogen-bond donors (Lipinski definition) is 3. The van der Waals surface area contributed by atoms with E-state index in [-0.39, 0.29) is 23.8 Å². The van der Waals surface area contributed by atoms with Crippen molar-refractivity contribution < 1.29 is 37.5 Å². The Morgan fingerprint density at radius 2 is 1.73 bits per heavy atom. The van der Waals surface area contributed by atoms with E-state index >= 15 is 0 Å². The number of rotatable bonds is 7. The number of nitrogens with zero attached hydrogens (tertiary/aromatic N) is 2. The van der Waals surface area contributed by atoms with Crippen LogP contribution in [0.2, 0.25) is 0 Å². The molecule has 0 spiro atoms. The maximum absolute atomic E-state index is 13.7. The van der Waals surface area contributed by atoms with Crippen LogP contribution in [0.5, 0.6) is 0 Å². The molecule has 1 aromatic carbocycles. The van der Waals surface area contributed by atoms with Gasteiger partial charge in [-0.05, 0) is 55.9 Å². The topological polar surface area (TPSA) is 129 Å². The third-order valence-corrected chi connectivity index (χ3v) is 6.94. The van der Waals surface area contributed by atoms with Crippen molar-refractivity contribution in [2.75, 3.05) is 6.54 Å². The van der Waals surface area contributed by atoms with E-state index in [1.54, 1.807) is 23.4 Å². The van der Waals surface area contributed by atoms with Gasteiger partial charge in [0.05, 0.1) is 0 Å². The van der Waals surface area contributed by atoms with Gasteiger partial charge in [0, 0.05) is 37.0 Å². The highest BCUT2D eigenvalue weighted by Gasteiger charge is 2.39. The van der Waals surface area contributed by atoms with Crippen molar-refractivity contribution >= 4 is 23.7 Å². The number of carboxylic acids is 1. The zero-order chi connectivity index (χ0) is 29.3. The Labute approximate surface area is 230 Å². The van der Waals surface area contributed by atoms with Crippen molar-refractivity contribution in [2.24, 2.45) is 0 Å². The SMILES string of the molecule is Cc1ccccc1C(=O)N[C@@H](Cc1cccnc1)C(=O)N1CCC[C@H]1C(=O)NC1CCCC1.O=C(O)C(F)(F)F. The van der Waals surface area contributed by atoms with E-state index in [1.165, 1.54) is 0 Å². The molecule has 2 heterocycles. The highest BCUT2D eigenvalue weighted by atomic mass is 19.4. The van der Waals surface area contributed by atoms with Gasteiger partial charge in [-0.3, -0.25) is 19.4 Å². The maximum Gasteiger partial charge on any atom is 0.490 e. The van der Waals surface area contributed by atoms with Crippen molar-refractivity contribution in [3.63, 3.8) is 0 Å². The van der Waals surface area contributed by atoms with Crippen molar-refractivity contribution in [1.82, 2.24) is 20.5 Å². The number of alkyl halides is 3. The number of carboxylic acid groups (broad SMARTS) is 1. The lowest BCUT2D eigenvalue weighted by atomic mass is 10.0. The van der Waals surface area contributed by atoms with E-state index in [1.807, 2.05) is 37.3 Å². The molecule has 40 heavy (non-hydrogen) atoms. The number of likely N-dealkylation sites (tertiary alicyclic amines) is 1. The maximum atomic E-state index is 13.7. The lowest BCUT2D eigenvalue weighted by molar-refractivity contribution is -0.192. The van der Waals surface area contributed by atoms with Gasteiger partial charge in [0.25, 0.3) is 5.91 Å². The molecule has 4 rings (SSSR count). The lowest BCUT2D eigenvalue weighted by Crippen LogP contribution is -2.55. The molecule has 0 unspecified atom stereocenters. The second kappa shape index (κ2) is 13.9. The predicted octanol–water partition coefficient (Wildman–Crippen LogP) is 3.41. The van der Waals surface area contributed by atoms with Crippen LogP contribution in [-0.2, 0) is 20.8 Å². The summed E-state index contributed by atoms with van der Waals surface area (Å²) in [6, 6.07) is 9.97. The molecule has 1 saturated heterocycles. The second-order valence-corrected chi connectivity index (χ2v) is 9.89.